The van der Waals surface area contributed by atoms with Gasteiger partial charge in [-0.25, -0.2) is 0 Å². The van der Waals surface area contributed by atoms with Gasteiger partial charge in [-0.1, -0.05) is 12.1 Å². The van der Waals surface area contributed by atoms with Crippen LogP contribution in [-0.2, 0) is 4.79 Å². The Morgan fingerprint density at radius 2 is 2.00 bits per heavy atom. The normalized spacial score (nSPS) is 12.1. The zero-order valence-corrected chi connectivity index (χ0v) is 8.80. The van der Waals surface area contributed by atoms with Gasteiger partial charge in [0, 0.05) is 6.04 Å². The average molecular weight is 225 g/mol. The first-order chi connectivity index (χ1) is 7.63. The highest BCUT2D eigenvalue weighted by atomic mass is 16.5. The summed E-state index contributed by atoms with van der Waals surface area (Å²) in [7, 11) is 0. The minimum atomic E-state index is -0.923. The Kier molecular flexibility index (Phi) is 4.75. The van der Waals surface area contributed by atoms with E-state index in [9.17, 15) is 4.79 Å². The van der Waals surface area contributed by atoms with Crippen LogP contribution < -0.4 is 10.5 Å². The van der Waals surface area contributed by atoms with E-state index >= 15 is 0 Å². The number of ether oxygens (including phenoxy) is 1. The zero-order valence-electron chi connectivity index (χ0n) is 8.80. The first-order valence-corrected chi connectivity index (χ1v) is 4.94. The molecule has 88 valence electrons. The van der Waals surface area contributed by atoms with Crippen molar-refractivity contribution in [3.63, 3.8) is 0 Å². The second-order valence-electron chi connectivity index (χ2n) is 3.35. The number of carbonyl (C=O) groups is 1. The molecule has 5 heteroatoms. The number of carboxylic acids is 1. The SMILES string of the molecule is NC(CC(=O)O)c1ccc(OCCO)cc1. The van der Waals surface area contributed by atoms with Crippen molar-refractivity contribution >= 4 is 5.97 Å². The van der Waals surface area contributed by atoms with E-state index in [1.165, 1.54) is 0 Å². The van der Waals surface area contributed by atoms with Crippen LogP contribution in [-0.4, -0.2) is 29.4 Å². The van der Waals surface area contributed by atoms with E-state index in [-0.39, 0.29) is 19.6 Å². The minimum Gasteiger partial charge on any atom is -0.491 e. The van der Waals surface area contributed by atoms with Crippen molar-refractivity contribution in [1.82, 2.24) is 0 Å². The molecular weight excluding hydrogens is 210 g/mol. The fourth-order valence-corrected chi connectivity index (χ4v) is 1.28. The Hall–Kier alpha value is -1.59. The van der Waals surface area contributed by atoms with Gasteiger partial charge in [-0.15, -0.1) is 0 Å². The fourth-order valence-electron chi connectivity index (χ4n) is 1.28. The van der Waals surface area contributed by atoms with Crippen LogP contribution in [0, 0.1) is 0 Å². The van der Waals surface area contributed by atoms with Crippen molar-refractivity contribution in [2.24, 2.45) is 5.73 Å². The molecule has 1 rings (SSSR count). The summed E-state index contributed by atoms with van der Waals surface area (Å²) >= 11 is 0. The fraction of sp³-hybridized carbons (Fsp3) is 0.364. The van der Waals surface area contributed by atoms with Crippen molar-refractivity contribution < 1.29 is 19.7 Å². The van der Waals surface area contributed by atoms with Gasteiger partial charge in [0.25, 0.3) is 0 Å². The van der Waals surface area contributed by atoms with E-state index in [0.29, 0.717) is 5.75 Å². The summed E-state index contributed by atoms with van der Waals surface area (Å²) in [6.07, 6.45) is -0.100. The number of benzene rings is 1. The number of hydrogen-bond acceptors (Lipinski definition) is 4. The number of aliphatic hydroxyl groups is 1. The average Bonchev–Trinajstić information content (AvgIpc) is 2.26. The van der Waals surface area contributed by atoms with Gasteiger partial charge in [0.05, 0.1) is 13.0 Å². The van der Waals surface area contributed by atoms with Crippen LogP contribution in [0.2, 0.25) is 0 Å². The molecule has 1 aromatic rings. The van der Waals surface area contributed by atoms with Gasteiger partial charge in [0.1, 0.15) is 12.4 Å². The van der Waals surface area contributed by atoms with Gasteiger partial charge >= 0.3 is 5.97 Å². The molecule has 0 aliphatic carbocycles. The van der Waals surface area contributed by atoms with Crippen LogP contribution in [0.5, 0.6) is 5.75 Å². The van der Waals surface area contributed by atoms with E-state index in [0.717, 1.165) is 5.56 Å². The summed E-state index contributed by atoms with van der Waals surface area (Å²) in [6.45, 7) is 0.195. The smallest absolute Gasteiger partial charge is 0.305 e. The summed E-state index contributed by atoms with van der Waals surface area (Å²) in [5, 5.41) is 17.1. The molecule has 0 aliphatic heterocycles. The zero-order chi connectivity index (χ0) is 12.0. The third-order valence-electron chi connectivity index (χ3n) is 2.06. The molecule has 16 heavy (non-hydrogen) atoms. The Balaban J connectivity index is 2.59. The molecule has 1 aromatic carbocycles. The molecular formula is C11H15NO4. The summed E-state index contributed by atoms with van der Waals surface area (Å²) < 4.78 is 5.16. The minimum absolute atomic E-state index is 0.0414. The summed E-state index contributed by atoms with van der Waals surface area (Å²) in [5.41, 5.74) is 6.43. The van der Waals surface area contributed by atoms with E-state index < -0.39 is 12.0 Å². The highest BCUT2D eigenvalue weighted by Crippen LogP contribution is 2.18. The van der Waals surface area contributed by atoms with Gasteiger partial charge in [-0.2, -0.15) is 0 Å². The maximum atomic E-state index is 10.5. The third kappa shape index (κ3) is 3.88. The predicted octanol–water partition coefficient (Wildman–Crippen LogP) is 0.532. The lowest BCUT2D eigenvalue weighted by atomic mass is 10.1. The van der Waals surface area contributed by atoms with E-state index in [1.807, 2.05) is 0 Å². The molecule has 0 saturated heterocycles. The van der Waals surface area contributed by atoms with Crippen molar-refractivity contribution in [3.05, 3.63) is 29.8 Å². The number of rotatable bonds is 6. The van der Waals surface area contributed by atoms with Gasteiger partial charge in [-0.05, 0) is 17.7 Å². The molecule has 0 fully saturated rings. The Morgan fingerprint density at radius 3 is 2.50 bits per heavy atom. The summed E-state index contributed by atoms with van der Waals surface area (Å²) in [6, 6.07) is 6.34. The van der Waals surface area contributed by atoms with Gasteiger partial charge in [0.15, 0.2) is 0 Å². The highest BCUT2D eigenvalue weighted by Gasteiger charge is 2.10. The van der Waals surface area contributed by atoms with Crippen molar-refractivity contribution in [2.45, 2.75) is 12.5 Å². The van der Waals surface area contributed by atoms with E-state index in [1.54, 1.807) is 24.3 Å². The molecule has 0 amide bonds. The molecule has 0 aromatic heterocycles. The van der Waals surface area contributed by atoms with E-state index in [4.69, 9.17) is 20.7 Å². The van der Waals surface area contributed by atoms with Crippen LogP contribution >= 0.6 is 0 Å². The molecule has 5 nitrogen and oxygen atoms in total. The number of aliphatic carboxylic acids is 1. The van der Waals surface area contributed by atoms with Gasteiger partial charge in [0.2, 0.25) is 0 Å². The van der Waals surface area contributed by atoms with Crippen molar-refractivity contribution in [2.75, 3.05) is 13.2 Å². The second-order valence-corrected chi connectivity index (χ2v) is 3.35. The summed E-state index contributed by atoms with van der Waals surface area (Å²) in [5.74, 6) is -0.298. The Morgan fingerprint density at radius 1 is 1.38 bits per heavy atom. The van der Waals surface area contributed by atoms with E-state index in [2.05, 4.69) is 0 Å². The largest absolute Gasteiger partial charge is 0.491 e. The molecule has 1 unspecified atom stereocenters. The third-order valence-corrected chi connectivity index (χ3v) is 2.06. The van der Waals surface area contributed by atoms with Crippen molar-refractivity contribution in [1.29, 1.82) is 0 Å². The number of hydrogen-bond donors (Lipinski definition) is 3. The molecule has 4 N–H and O–H groups in total. The Labute approximate surface area is 93.5 Å². The van der Waals surface area contributed by atoms with Crippen LogP contribution in [0.25, 0.3) is 0 Å². The lowest BCUT2D eigenvalue weighted by molar-refractivity contribution is -0.137. The van der Waals surface area contributed by atoms with Crippen LogP contribution in [0.4, 0.5) is 0 Å². The maximum Gasteiger partial charge on any atom is 0.305 e. The molecule has 0 spiro atoms. The highest BCUT2D eigenvalue weighted by molar-refractivity contribution is 5.67. The quantitative estimate of drug-likeness (QED) is 0.656. The van der Waals surface area contributed by atoms with Gasteiger partial charge < -0.3 is 20.7 Å². The van der Waals surface area contributed by atoms with Crippen molar-refractivity contribution in [3.8, 4) is 5.75 Å². The molecule has 0 radical (unpaired) electrons. The lowest BCUT2D eigenvalue weighted by Crippen LogP contribution is -2.14. The second kappa shape index (κ2) is 6.09. The predicted molar refractivity (Wildman–Crippen MR) is 58.2 cm³/mol. The van der Waals surface area contributed by atoms with Gasteiger partial charge in [-0.3, -0.25) is 4.79 Å². The lowest BCUT2D eigenvalue weighted by Gasteiger charge is -2.10. The molecule has 0 bridgehead atoms. The first-order valence-electron chi connectivity index (χ1n) is 4.94. The van der Waals surface area contributed by atoms with Crippen LogP contribution in [0.1, 0.15) is 18.0 Å². The Bertz CT molecular complexity index is 336. The number of nitrogens with two attached hydrogens (primary N) is 1. The number of carboxylic acid groups (broad SMARTS) is 1. The maximum absolute atomic E-state index is 10.5. The monoisotopic (exact) mass is 225 g/mol. The molecule has 0 saturated carbocycles. The standard InChI is InChI=1S/C11H15NO4/c12-10(7-11(14)15)8-1-3-9(4-2-8)16-6-5-13/h1-4,10,13H,5-7,12H2,(H,14,15). The molecule has 0 heterocycles. The molecule has 0 aliphatic rings. The van der Waals surface area contributed by atoms with Crippen LogP contribution in [0.15, 0.2) is 24.3 Å². The summed E-state index contributed by atoms with van der Waals surface area (Å²) in [4.78, 5) is 10.5. The first kappa shape index (κ1) is 12.5. The van der Waals surface area contributed by atoms with Crippen LogP contribution in [0.3, 0.4) is 0 Å². The topological polar surface area (TPSA) is 92.8 Å². The molecule has 1 atom stereocenters. The number of aliphatic hydroxyl groups excluding tert-OH is 1.